The Morgan fingerprint density at radius 2 is 1.94 bits per heavy atom. The van der Waals surface area contributed by atoms with Gasteiger partial charge in [0.2, 0.25) is 0 Å². The summed E-state index contributed by atoms with van der Waals surface area (Å²) < 4.78 is 0. The summed E-state index contributed by atoms with van der Waals surface area (Å²) in [5, 5.41) is 10.0. The van der Waals surface area contributed by atoms with Crippen LogP contribution in [0.4, 0.5) is 0 Å². The Hall–Kier alpha value is -1.24. The fraction of sp³-hybridized carbons (Fsp3) is 0.500. The van der Waals surface area contributed by atoms with E-state index in [-0.39, 0.29) is 0 Å². The first kappa shape index (κ1) is 13.8. The van der Waals surface area contributed by atoms with Crippen molar-refractivity contribution in [3.8, 4) is 5.75 Å². The molecule has 0 radical (unpaired) electrons. The molecule has 0 amide bonds. The maximum Gasteiger partial charge on any atom is 0.119 e. The number of hydrogen-bond donors (Lipinski definition) is 1. The Morgan fingerprint density at radius 1 is 1.29 bits per heavy atom. The molecule has 0 heterocycles. The van der Waals surface area contributed by atoms with E-state index < -0.39 is 0 Å². The van der Waals surface area contributed by atoms with Crippen molar-refractivity contribution in [2.45, 2.75) is 52.9 Å². The minimum Gasteiger partial charge on any atom is -0.508 e. The lowest BCUT2D eigenvalue weighted by Gasteiger charge is -2.15. The van der Waals surface area contributed by atoms with Gasteiger partial charge in [0.25, 0.3) is 0 Å². The standard InChI is InChI=1S/C16H24O/c1-6-13-9-15(12(4)5)16(17)10-14(13)8-7-11(2)3/h9-10,12,17H,2,6-8H2,1,3-5H3. The summed E-state index contributed by atoms with van der Waals surface area (Å²) in [6, 6.07) is 4.10. The van der Waals surface area contributed by atoms with Gasteiger partial charge < -0.3 is 5.11 Å². The quantitative estimate of drug-likeness (QED) is 0.736. The Morgan fingerprint density at radius 3 is 2.41 bits per heavy atom. The van der Waals surface area contributed by atoms with E-state index in [0.29, 0.717) is 11.7 Å². The van der Waals surface area contributed by atoms with Gasteiger partial charge in [0.05, 0.1) is 0 Å². The molecule has 0 aromatic heterocycles. The summed E-state index contributed by atoms with van der Waals surface area (Å²) in [7, 11) is 0. The summed E-state index contributed by atoms with van der Waals surface area (Å²) >= 11 is 0. The Bertz CT molecular complexity index is 402. The van der Waals surface area contributed by atoms with Crippen molar-refractivity contribution in [3.63, 3.8) is 0 Å². The molecule has 0 fully saturated rings. The third kappa shape index (κ3) is 3.62. The van der Waals surface area contributed by atoms with Crippen molar-refractivity contribution in [2.24, 2.45) is 0 Å². The Labute approximate surface area is 105 Å². The van der Waals surface area contributed by atoms with Crippen molar-refractivity contribution >= 4 is 0 Å². The third-order valence-corrected chi connectivity index (χ3v) is 3.17. The van der Waals surface area contributed by atoms with Gasteiger partial charge in [-0.25, -0.2) is 0 Å². The second kappa shape index (κ2) is 5.90. The van der Waals surface area contributed by atoms with E-state index in [1.54, 1.807) is 0 Å². The van der Waals surface area contributed by atoms with Crippen molar-refractivity contribution in [3.05, 3.63) is 41.0 Å². The van der Waals surface area contributed by atoms with Crippen LogP contribution in [0.25, 0.3) is 0 Å². The van der Waals surface area contributed by atoms with Crippen LogP contribution in [0.1, 0.15) is 56.7 Å². The van der Waals surface area contributed by atoms with E-state index in [4.69, 9.17) is 0 Å². The van der Waals surface area contributed by atoms with Crippen LogP contribution in [-0.2, 0) is 12.8 Å². The van der Waals surface area contributed by atoms with Gasteiger partial charge in [-0.15, -0.1) is 6.58 Å². The summed E-state index contributed by atoms with van der Waals surface area (Å²) in [5.74, 6) is 0.810. The lowest BCUT2D eigenvalue weighted by atomic mass is 9.92. The van der Waals surface area contributed by atoms with Crippen LogP contribution >= 0.6 is 0 Å². The van der Waals surface area contributed by atoms with Crippen LogP contribution < -0.4 is 0 Å². The zero-order valence-electron chi connectivity index (χ0n) is 11.5. The zero-order chi connectivity index (χ0) is 13.0. The molecule has 1 rings (SSSR count). The summed E-state index contributed by atoms with van der Waals surface area (Å²) in [5.41, 5.74) is 4.87. The molecule has 0 bridgehead atoms. The summed E-state index contributed by atoms with van der Waals surface area (Å²) in [4.78, 5) is 0. The molecular formula is C16H24O. The topological polar surface area (TPSA) is 20.2 Å². The molecule has 0 unspecified atom stereocenters. The highest BCUT2D eigenvalue weighted by atomic mass is 16.3. The van der Waals surface area contributed by atoms with Crippen molar-refractivity contribution in [2.75, 3.05) is 0 Å². The zero-order valence-corrected chi connectivity index (χ0v) is 11.5. The predicted octanol–water partition coefficient (Wildman–Crippen LogP) is 4.59. The molecule has 0 aliphatic heterocycles. The van der Waals surface area contributed by atoms with Crippen LogP contribution in [-0.4, -0.2) is 5.11 Å². The lowest BCUT2D eigenvalue weighted by Crippen LogP contribution is -1.98. The highest BCUT2D eigenvalue weighted by Crippen LogP contribution is 2.30. The van der Waals surface area contributed by atoms with Crippen LogP contribution in [0.2, 0.25) is 0 Å². The number of benzene rings is 1. The number of phenols is 1. The van der Waals surface area contributed by atoms with Crippen molar-refractivity contribution in [1.29, 1.82) is 0 Å². The van der Waals surface area contributed by atoms with E-state index in [2.05, 4.69) is 33.4 Å². The first-order valence-corrected chi connectivity index (χ1v) is 6.44. The van der Waals surface area contributed by atoms with Crippen LogP contribution in [0.3, 0.4) is 0 Å². The third-order valence-electron chi connectivity index (χ3n) is 3.17. The van der Waals surface area contributed by atoms with Gasteiger partial charge >= 0.3 is 0 Å². The van der Waals surface area contributed by atoms with Gasteiger partial charge in [0.15, 0.2) is 0 Å². The fourth-order valence-corrected chi connectivity index (χ4v) is 2.07. The second-order valence-corrected chi connectivity index (χ2v) is 5.15. The maximum atomic E-state index is 10.0. The highest BCUT2D eigenvalue weighted by Gasteiger charge is 2.10. The average molecular weight is 232 g/mol. The van der Waals surface area contributed by atoms with Crippen LogP contribution in [0.5, 0.6) is 5.75 Å². The Kier molecular flexibility index (Phi) is 4.80. The molecule has 1 N–H and O–H groups in total. The first-order chi connectivity index (χ1) is 7.95. The molecule has 0 spiro atoms. The number of phenolic OH excluding ortho intramolecular Hbond substituents is 1. The summed E-state index contributed by atoms with van der Waals surface area (Å²) in [6.45, 7) is 12.4. The van der Waals surface area contributed by atoms with Gasteiger partial charge in [0.1, 0.15) is 5.75 Å². The number of rotatable bonds is 5. The molecule has 1 aromatic rings. The molecule has 1 nitrogen and oxygen atoms in total. The first-order valence-electron chi connectivity index (χ1n) is 6.44. The van der Waals surface area contributed by atoms with Gasteiger partial charge in [-0.3, -0.25) is 0 Å². The summed E-state index contributed by atoms with van der Waals surface area (Å²) in [6.07, 6.45) is 2.99. The molecule has 0 aliphatic carbocycles. The normalized spacial score (nSPS) is 10.9. The van der Waals surface area contributed by atoms with E-state index in [0.717, 1.165) is 24.8 Å². The molecular weight excluding hydrogens is 208 g/mol. The monoisotopic (exact) mass is 232 g/mol. The van der Waals surface area contributed by atoms with E-state index >= 15 is 0 Å². The van der Waals surface area contributed by atoms with Gasteiger partial charge in [-0.05, 0) is 54.9 Å². The molecule has 1 aromatic carbocycles. The largest absolute Gasteiger partial charge is 0.508 e. The van der Waals surface area contributed by atoms with Crippen molar-refractivity contribution < 1.29 is 5.11 Å². The average Bonchev–Trinajstić information content (AvgIpc) is 2.25. The minimum absolute atomic E-state index is 0.371. The smallest absolute Gasteiger partial charge is 0.119 e. The molecule has 17 heavy (non-hydrogen) atoms. The van der Waals surface area contributed by atoms with E-state index in [9.17, 15) is 5.11 Å². The van der Waals surface area contributed by atoms with E-state index in [1.165, 1.54) is 16.7 Å². The van der Waals surface area contributed by atoms with Gasteiger partial charge in [-0.1, -0.05) is 32.4 Å². The second-order valence-electron chi connectivity index (χ2n) is 5.15. The number of hydrogen-bond acceptors (Lipinski definition) is 1. The highest BCUT2D eigenvalue weighted by molar-refractivity contribution is 5.43. The molecule has 0 saturated heterocycles. The van der Waals surface area contributed by atoms with Gasteiger partial charge in [-0.2, -0.15) is 0 Å². The number of allylic oxidation sites excluding steroid dienone is 1. The maximum absolute atomic E-state index is 10.0. The SMILES string of the molecule is C=C(C)CCc1cc(O)c(C(C)C)cc1CC. The Balaban J connectivity index is 3.05. The lowest BCUT2D eigenvalue weighted by molar-refractivity contribution is 0.463. The van der Waals surface area contributed by atoms with Crippen molar-refractivity contribution in [1.82, 2.24) is 0 Å². The molecule has 1 heteroatoms. The van der Waals surface area contributed by atoms with Crippen LogP contribution in [0.15, 0.2) is 24.3 Å². The fourth-order valence-electron chi connectivity index (χ4n) is 2.07. The van der Waals surface area contributed by atoms with Gasteiger partial charge in [0, 0.05) is 0 Å². The predicted molar refractivity (Wildman–Crippen MR) is 74.7 cm³/mol. The molecule has 94 valence electrons. The number of aryl methyl sites for hydroxylation is 2. The molecule has 0 saturated carbocycles. The number of aromatic hydroxyl groups is 1. The minimum atomic E-state index is 0.371. The molecule has 0 atom stereocenters. The van der Waals surface area contributed by atoms with Crippen LogP contribution in [0, 0.1) is 0 Å². The molecule has 0 aliphatic rings. The van der Waals surface area contributed by atoms with E-state index in [1.807, 2.05) is 13.0 Å².